The highest BCUT2D eigenvalue weighted by Crippen LogP contribution is 2.32. The van der Waals surface area contributed by atoms with Gasteiger partial charge in [0.1, 0.15) is 0 Å². The van der Waals surface area contributed by atoms with Gasteiger partial charge < -0.3 is 24.3 Å². The van der Waals surface area contributed by atoms with Gasteiger partial charge >= 0.3 is 5.97 Å². The molecule has 26 heavy (non-hydrogen) atoms. The van der Waals surface area contributed by atoms with E-state index in [0.29, 0.717) is 11.5 Å². The topological polar surface area (TPSA) is 83.1 Å². The molecule has 7 nitrogen and oxygen atoms in total. The molecule has 2 aromatic carbocycles. The summed E-state index contributed by atoms with van der Waals surface area (Å²) < 4.78 is 33.7. The molecule has 0 spiro atoms. The Balaban J connectivity index is 1.48. The van der Waals surface area contributed by atoms with Crippen LogP contribution in [0.3, 0.4) is 0 Å². The zero-order valence-corrected chi connectivity index (χ0v) is 13.9. The van der Waals surface area contributed by atoms with Crippen molar-refractivity contribution in [1.29, 1.82) is 0 Å². The number of methoxy groups -OCH3 is 1. The summed E-state index contributed by atoms with van der Waals surface area (Å²) in [5.41, 5.74) is 0.804. The fourth-order valence-corrected chi connectivity index (χ4v) is 2.31. The molecule has 1 amide bonds. The van der Waals surface area contributed by atoms with Crippen LogP contribution >= 0.6 is 0 Å². The van der Waals surface area contributed by atoms with Gasteiger partial charge in [0.05, 0.1) is 12.7 Å². The van der Waals surface area contributed by atoms with E-state index in [4.69, 9.17) is 18.9 Å². The van der Waals surface area contributed by atoms with Crippen molar-refractivity contribution in [2.24, 2.45) is 0 Å². The standard InChI is InChI=1S/C18H16FNO6/c1-23-14-5-3-12(7-13(14)19)18(22)24-9-17(21)20-8-11-2-4-15-16(6-11)26-10-25-15/h2-7H,8-10H2,1H3,(H,20,21). The van der Waals surface area contributed by atoms with Crippen molar-refractivity contribution >= 4 is 11.9 Å². The summed E-state index contributed by atoms with van der Waals surface area (Å²) in [7, 11) is 1.32. The maximum atomic E-state index is 13.6. The molecular weight excluding hydrogens is 345 g/mol. The van der Waals surface area contributed by atoms with Crippen LogP contribution in [-0.2, 0) is 16.1 Å². The zero-order chi connectivity index (χ0) is 18.5. The number of carbonyl (C=O) groups is 2. The molecule has 0 saturated heterocycles. The minimum absolute atomic E-state index is 0.00753. The lowest BCUT2D eigenvalue weighted by atomic mass is 10.2. The molecule has 3 rings (SSSR count). The lowest BCUT2D eigenvalue weighted by Crippen LogP contribution is -2.28. The molecule has 0 bridgehead atoms. The molecule has 1 heterocycles. The number of fused-ring (bicyclic) bond motifs is 1. The number of rotatable bonds is 6. The molecule has 0 radical (unpaired) electrons. The minimum Gasteiger partial charge on any atom is -0.494 e. The normalized spacial score (nSPS) is 11.8. The second-order valence-corrected chi connectivity index (χ2v) is 5.39. The number of benzene rings is 2. The summed E-state index contributed by atoms with van der Waals surface area (Å²) in [5.74, 6) is -0.683. The van der Waals surface area contributed by atoms with Gasteiger partial charge in [-0.15, -0.1) is 0 Å². The Hall–Kier alpha value is -3.29. The van der Waals surface area contributed by atoms with Crippen molar-refractivity contribution in [1.82, 2.24) is 5.32 Å². The second kappa shape index (κ2) is 7.73. The van der Waals surface area contributed by atoms with Crippen LogP contribution < -0.4 is 19.5 Å². The molecule has 1 N–H and O–H groups in total. The van der Waals surface area contributed by atoms with E-state index in [1.54, 1.807) is 18.2 Å². The van der Waals surface area contributed by atoms with E-state index < -0.39 is 24.3 Å². The summed E-state index contributed by atoms with van der Waals surface area (Å²) in [6.45, 7) is -0.0612. The molecule has 0 aromatic heterocycles. The Morgan fingerprint density at radius 3 is 2.73 bits per heavy atom. The van der Waals surface area contributed by atoms with Crippen molar-refractivity contribution < 1.29 is 32.9 Å². The van der Waals surface area contributed by atoms with Crippen molar-refractivity contribution in [2.45, 2.75) is 6.54 Å². The molecule has 0 saturated carbocycles. The third kappa shape index (κ3) is 4.02. The van der Waals surface area contributed by atoms with E-state index in [0.717, 1.165) is 11.6 Å². The highest BCUT2D eigenvalue weighted by molar-refractivity contribution is 5.91. The molecule has 1 aliphatic heterocycles. The maximum Gasteiger partial charge on any atom is 0.338 e. The molecule has 0 fully saturated rings. The van der Waals surface area contributed by atoms with Crippen LogP contribution in [0.4, 0.5) is 4.39 Å². The molecule has 2 aromatic rings. The summed E-state index contributed by atoms with van der Waals surface area (Å²) in [6, 6.07) is 8.96. The Labute approximate surface area is 148 Å². The number of nitrogens with one attached hydrogen (secondary N) is 1. The number of hydrogen-bond acceptors (Lipinski definition) is 6. The van der Waals surface area contributed by atoms with E-state index in [9.17, 15) is 14.0 Å². The molecule has 0 unspecified atom stereocenters. The molecule has 0 aliphatic carbocycles. The van der Waals surface area contributed by atoms with Crippen molar-refractivity contribution in [3.8, 4) is 17.2 Å². The number of esters is 1. The first kappa shape index (κ1) is 17.5. The van der Waals surface area contributed by atoms with Crippen molar-refractivity contribution in [3.63, 3.8) is 0 Å². The number of halogens is 1. The summed E-state index contributed by atoms with van der Waals surface area (Å²) in [4.78, 5) is 23.7. The zero-order valence-electron chi connectivity index (χ0n) is 13.9. The van der Waals surface area contributed by atoms with Crippen LogP contribution in [0.15, 0.2) is 36.4 Å². The SMILES string of the molecule is COc1ccc(C(=O)OCC(=O)NCc2ccc3c(c2)OCO3)cc1F. The third-order valence-electron chi connectivity index (χ3n) is 3.65. The molecule has 1 aliphatic rings. The van der Waals surface area contributed by atoms with Gasteiger partial charge in [0.15, 0.2) is 29.7 Å². The fourth-order valence-electron chi connectivity index (χ4n) is 2.31. The van der Waals surface area contributed by atoms with Gasteiger partial charge in [0, 0.05) is 6.54 Å². The fraction of sp³-hybridized carbons (Fsp3) is 0.222. The van der Waals surface area contributed by atoms with Gasteiger partial charge in [-0.1, -0.05) is 6.07 Å². The lowest BCUT2D eigenvalue weighted by Gasteiger charge is -2.08. The monoisotopic (exact) mass is 361 g/mol. The van der Waals surface area contributed by atoms with E-state index >= 15 is 0 Å². The Morgan fingerprint density at radius 2 is 1.96 bits per heavy atom. The number of amides is 1. The first-order chi connectivity index (χ1) is 12.6. The highest BCUT2D eigenvalue weighted by Gasteiger charge is 2.15. The molecule has 0 atom stereocenters. The van der Waals surface area contributed by atoms with Crippen molar-refractivity contribution in [2.75, 3.05) is 20.5 Å². The molecule has 136 valence electrons. The third-order valence-corrected chi connectivity index (χ3v) is 3.65. The van der Waals surface area contributed by atoms with Crippen LogP contribution in [0, 0.1) is 5.82 Å². The quantitative estimate of drug-likeness (QED) is 0.793. The van der Waals surface area contributed by atoms with Gasteiger partial charge in [-0.3, -0.25) is 4.79 Å². The number of carbonyl (C=O) groups excluding carboxylic acids is 2. The van der Waals surface area contributed by atoms with E-state index in [2.05, 4.69) is 5.32 Å². The average Bonchev–Trinajstić information content (AvgIpc) is 3.12. The predicted octanol–water partition coefficient (Wildman–Crippen LogP) is 2.04. The molecular formula is C18H16FNO6. The number of hydrogen-bond donors (Lipinski definition) is 1. The van der Waals surface area contributed by atoms with E-state index in [1.165, 1.54) is 19.2 Å². The Bertz CT molecular complexity index is 838. The lowest BCUT2D eigenvalue weighted by molar-refractivity contribution is -0.124. The van der Waals surface area contributed by atoms with Crippen LogP contribution in [0.5, 0.6) is 17.2 Å². The summed E-state index contributed by atoms with van der Waals surface area (Å²) >= 11 is 0. The highest BCUT2D eigenvalue weighted by atomic mass is 19.1. The maximum absolute atomic E-state index is 13.6. The van der Waals surface area contributed by atoms with E-state index in [-0.39, 0.29) is 24.7 Å². The van der Waals surface area contributed by atoms with Gasteiger partial charge in [-0.2, -0.15) is 0 Å². The summed E-state index contributed by atoms with van der Waals surface area (Å²) in [6.07, 6.45) is 0. The number of ether oxygens (including phenoxy) is 4. The van der Waals surface area contributed by atoms with Crippen LogP contribution in [0.1, 0.15) is 15.9 Å². The van der Waals surface area contributed by atoms with Gasteiger partial charge in [0.25, 0.3) is 5.91 Å². The summed E-state index contributed by atoms with van der Waals surface area (Å²) in [5, 5.41) is 2.62. The van der Waals surface area contributed by atoms with Gasteiger partial charge in [0.2, 0.25) is 6.79 Å². The Morgan fingerprint density at radius 1 is 1.15 bits per heavy atom. The predicted molar refractivity (Wildman–Crippen MR) is 87.6 cm³/mol. The largest absolute Gasteiger partial charge is 0.494 e. The van der Waals surface area contributed by atoms with Crippen LogP contribution in [-0.4, -0.2) is 32.4 Å². The first-order valence-corrected chi connectivity index (χ1v) is 7.72. The molecule has 8 heteroatoms. The van der Waals surface area contributed by atoms with Crippen LogP contribution in [0.25, 0.3) is 0 Å². The van der Waals surface area contributed by atoms with E-state index in [1.807, 2.05) is 0 Å². The smallest absolute Gasteiger partial charge is 0.338 e. The Kier molecular flexibility index (Phi) is 5.21. The van der Waals surface area contributed by atoms with Gasteiger partial charge in [-0.05, 0) is 35.9 Å². The minimum atomic E-state index is -0.801. The average molecular weight is 361 g/mol. The van der Waals surface area contributed by atoms with Crippen molar-refractivity contribution in [3.05, 3.63) is 53.3 Å². The second-order valence-electron chi connectivity index (χ2n) is 5.39. The first-order valence-electron chi connectivity index (χ1n) is 7.72. The van der Waals surface area contributed by atoms with Crippen LogP contribution in [0.2, 0.25) is 0 Å². The van der Waals surface area contributed by atoms with Gasteiger partial charge in [-0.25, -0.2) is 9.18 Å².